The smallest absolute Gasteiger partial charge is 0.238 e. The van der Waals surface area contributed by atoms with Crippen LogP contribution in [-0.2, 0) is 0 Å². The lowest BCUT2D eigenvalue weighted by Crippen LogP contribution is -2.11. The summed E-state index contributed by atoms with van der Waals surface area (Å²) in [5.74, 6) is 0.00775. The van der Waals surface area contributed by atoms with E-state index in [1.54, 1.807) is 31.6 Å². The third kappa shape index (κ3) is 2.37. The SMILES string of the molecule is CN(C#N)c1ncc(-c2cccc(F)c2)cn1. The highest BCUT2D eigenvalue weighted by Crippen LogP contribution is 2.19. The summed E-state index contributed by atoms with van der Waals surface area (Å²) in [5, 5.41) is 8.66. The minimum Gasteiger partial charge on any atom is -0.250 e. The van der Waals surface area contributed by atoms with Crippen molar-refractivity contribution in [1.29, 1.82) is 5.26 Å². The maximum absolute atomic E-state index is 13.0. The van der Waals surface area contributed by atoms with E-state index in [1.807, 2.05) is 6.19 Å². The fraction of sp³-hybridized carbons (Fsp3) is 0.0833. The molecule has 0 amide bonds. The van der Waals surface area contributed by atoms with E-state index in [2.05, 4.69) is 9.97 Å². The van der Waals surface area contributed by atoms with Gasteiger partial charge in [-0.25, -0.2) is 14.4 Å². The molecule has 84 valence electrons. The van der Waals surface area contributed by atoms with Gasteiger partial charge < -0.3 is 0 Å². The lowest BCUT2D eigenvalue weighted by atomic mass is 10.1. The first-order chi connectivity index (χ1) is 8.20. The van der Waals surface area contributed by atoms with Gasteiger partial charge in [-0.1, -0.05) is 12.1 Å². The van der Waals surface area contributed by atoms with E-state index in [9.17, 15) is 4.39 Å². The first-order valence-electron chi connectivity index (χ1n) is 4.92. The lowest BCUT2D eigenvalue weighted by Gasteiger charge is -2.06. The summed E-state index contributed by atoms with van der Waals surface area (Å²) >= 11 is 0. The second-order valence-electron chi connectivity index (χ2n) is 3.44. The molecular weight excluding hydrogens is 219 g/mol. The fourth-order valence-corrected chi connectivity index (χ4v) is 1.36. The number of benzene rings is 1. The van der Waals surface area contributed by atoms with Crippen molar-refractivity contribution in [2.75, 3.05) is 11.9 Å². The molecule has 0 aliphatic rings. The Balaban J connectivity index is 2.33. The Bertz CT molecular complexity index is 559. The highest BCUT2D eigenvalue weighted by Gasteiger charge is 2.04. The zero-order chi connectivity index (χ0) is 12.3. The largest absolute Gasteiger partial charge is 0.250 e. The molecule has 0 unspecified atom stereocenters. The monoisotopic (exact) mass is 228 g/mol. The van der Waals surface area contributed by atoms with Crippen LogP contribution in [0.25, 0.3) is 11.1 Å². The molecule has 5 heteroatoms. The number of aromatic nitrogens is 2. The van der Waals surface area contributed by atoms with Crippen LogP contribution in [0.3, 0.4) is 0 Å². The van der Waals surface area contributed by atoms with Crippen LogP contribution in [0.15, 0.2) is 36.7 Å². The molecule has 2 rings (SSSR count). The quantitative estimate of drug-likeness (QED) is 0.584. The average molecular weight is 228 g/mol. The van der Waals surface area contributed by atoms with Gasteiger partial charge in [-0.2, -0.15) is 5.26 Å². The zero-order valence-electron chi connectivity index (χ0n) is 9.13. The van der Waals surface area contributed by atoms with E-state index in [4.69, 9.17) is 5.26 Å². The summed E-state index contributed by atoms with van der Waals surface area (Å²) in [4.78, 5) is 9.30. The van der Waals surface area contributed by atoms with Crippen molar-refractivity contribution >= 4 is 5.95 Å². The van der Waals surface area contributed by atoms with E-state index < -0.39 is 0 Å². The van der Waals surface area contributed by atoms with Crippen LogP contribution in [0.4, 0.5) is 10.3 Å². The van der Waals surface area contributed by atoms with Gasteiger partial charge in [0.1, 0.15) is 5.82 Å². The Kier molecular flexibility index (Phi) is 2.97. The molecule has 1 heterocycles. The molecule has 0 bridgehead atoms. The first kappa shape index (κ1) is 11.0. The number of anilines is 1. The van der Waals surface area contributed by atoms with Crippen molar-refractivity contribution in [3.63, 3.8) is 0 Å². The molecule has 0 aliphatic carbocycles. The van der Waals surface area contributed by atoms with Crippen molar-refractivity contribution in [3.8, 4) is 17.3 Å². The number of halogens is 1. The van der Waals surface area contributed by atoms with Gasteiger partial charge in [0.05, 0.1) is 0 Å². The number of hydrogen-bond acceptors (Lipinski definition) is 4. The molecule has 4 nitrogen and oxygen atoms in total. The first-order valence-corrected chi connectivity index (χ1v) is 4.92. The van der Waals surface area contributed by atoms with Crippen molar-refractivity contribution < 1.29 is 4.39 Å². The summed E-state index contributed by atoms with van der Waals surface area (Å²) in [6.45, 7) is 0. The Labute approximate surface area is 98.0 Å². The van der Waals surface area contributed by atoms with Crippen molar-refractivity contribution in [1.82, 2.24) is 9.97 Å². The minimum absolute atomic E-state index is 0.305. The van der Waals surface area contributed by atoms with Crippen molar-refractivity contribution in [2.45, 2.75) is 0 Å². The van der Waals surface area contributed by atoms with Gasteiger partial charge in [-0.3, -0.25) is 4.90 Å². The number of hydrogen-bond donors (Lipinski definition) is 0. The third-order valence-electron chi connectivity index (χ3n) is 2.25. The second kappa shape index (κ2) is 4.58. The van der Waals surface area contributed by atoms with Gasteiger partial charge >= 0.3 is 0 Å². The maximum atomic E-state index is 13.0. The summed E-state index contributed by atoms with van der Waals surface area (Å²) in [6.07, 6.45) is 5.02. The Morgan fingerprint density at radius 1 is 1.24 bits per heavy atom. The molecule has 1 aromatic heterocycles. The van der Waals surface area contributed by atoms with Gasteiger partial charge in [0.2, 0.25) is 5.95 Å². The molecule has 0 N–H and O–H groups in total. The molecule has 1 aromatic carbocycles. The van der Waals surface area contributed by atoms with Crippen LogP contribution in [0.5, 0.6) is 0 Å². The molecule has 17 heavy (non-hydrogen) atoms. The second-order valence-corrected chi connectivity index (χ2v) is 3.44. The van der Waals surface area contributed by atoms with E-state index in [1.165, 1.54) is 17.0 Å². The van der Waals surface area contributed by atoms with Crippen LogP contribution in [-0.4, -0.2) is 17.0 Å². The van der Waals surface area contributed by atoms with E-state index in [-0.39, 0.29) is 5.82 Å². The molecule has 0 aliphatic heterocycles. The summed E-state index contributed by atoms with van der Waals surface area (Å²) in [6, 6.07) is 6.18. The van der Waals surface area contributed by atoms with E-state index in [0.717, 1.165) is 0 Å². The molecule has 0 fully saturated rings. The molecule has 0 spiro atoms. The summed E-state index contributed by atoms with van der Waals surface area (Å²) in [5.41, 5.74) is 1.41. The highest BCUT2D eigenvalue weighted by molar-refractivity contribution is 5.62. The average Bonchev–Trinajstić information content (AvgIpc) is 2.38. The summed E-state index contributed by atoms with van der Waals surface area (Å²) in [7, 11) is 1.57. The van der Waals surface area contributed by atoms with Gasteiger partial charge in [0.15, 0.2) is 6.19 Å². The topological polar surface area (TPSA) is 52.8 Å². The van der Waals surface area contributed by atoms with Crippen molar-refractivity contribution in [2.24, 2.45) is 0 Å². The fourth-order valence-electron chi connectivity index (χ4n) is 1.36. The van der Waals surface area contributed by atoms with Gasteiger partial charge in [0.25, 0.3) is 0 Å². The Hall–Kier alpha value is -2.48. The molecule has 0 saturated carbocycles. The van der Waals surface area contributed by atoms with Crippen LogP contribution < -0.4 is 4.90 Å². The highest BCUT2D eigenvalue weighted by atomic mass is 19.1. The number of rotatable bonds is 2. The van der Waals surface area contributed by atoms with Crippen molar-refractivity contribution in [3.05, 3.63) is 42.5 Å². The predicted molar refractivity (Wildman–Crippen MR) is 61.4 cm³/mol. The normalized spacial score (nSPS) is 9.71. The molecule has 0 atom stereocenters. The third-order valence-corrected chi connectivity index (χ3v) is 2.25. The van der Waals surface area contributed by atoms with Gasteiger partial charge in [-0.05, 0) is 17.7 Å². The van der Waals surface area contributed by atoms with E-state index >= 15 is 0 Å². The van der Waals surface area contributed by atoms with Crippen LogP contribution in [0, 0.1) is 17.3 Å². The predicted octanol–water partition coefficient (Wildman–Crippen LogP) is 2.20. The van der Waals surface area contributed by atoms with Crippen LogP contribution >= 0.6 is 0 Å². The number of nitrogens with zero attached hydrogens (tertiary/aromatic N) is 4. The van der Waals surface area contributed by atoms with E-state index in [0.29, 0.717) is 17.1 Å². The molecular formula is C12H9FN4. The maximum Gasteiger partial charge on any atom is 0.238 e. The Morgan fingerprint density at radius 2 is 1.94 bits per heavy atom. The molecule has 2 aromatic rings. The standard InChI is InChI=1S/C12H9FN4/c1-17(8-14)12-15-6-10(7-16-12)9-3-2-4-11(13)5-9/h2-7H,1H3. The van der Waals surface area contributed by atoms with Crippen LogP contribution in [0.1, 0.15) is 0 Å². The lowest BCUT2D eigenvalue weighted by molar-refractivity contribution is 0.628. The minimum atomic E-state index is -0.305. The molecule has 0 saturated heterocycles. The molecule has 0 radical (unpaired) electrons. The summed E-state index contributed by atoms with van der Waals surface area (Å²) < 4.78 is 13.0. The van der Waals surface area contributed by atoms with Crippen LogP contribution in [0.2, 0.25) is 0 Å². The van der Waals surface area contributed by atoms with Gasteiger partial charge in [-0.15, -0.1) is 0 Å². The Morgan fingerprint density at radius 3 is 2.53 bits per heavy atom. The zero-order valence-corrected chi connectivity index (χ0v) is 9.13. The van der Waals surface area contributed by atoms with Gasteiger partial charge in [0, 0.05) is 25.0 Å². The number of nitriles is 1.